The van der Waals surface area contributed by atoms with Crippen LogP contribution in [0.15, 0.2) is 24.3 Å². The number of halogens is 1. The number of aromatic hydroxyl groups is 1. The maximum atomic E-state index is 11.6. The standard InChI is InChI=1S/C12H16BrNO2/c13-7-2-1-3-8-14-12(16)10-5-4-6-11(15)9-10/h4-6,9,15H,1-3,7-8H2,(H,14,16). The van der Waals surface area contributed by atoms with Gasteiger partial charge in [-0.2, -0.15) is 0 Å². The molecule has 4 heteroatoms. The lowest BCUT2D eigenvalue weighted by atomic mass is 10.2. The van der Waals surface area contributed by atoms with Crippen LogP contribution in [0, 0.1) is 0 Å². The van der Waals surface area contributed by atoms with Crippen LogP contribution < -0.4 is 5.32 Å². The first-order chi connectivity index (χ1) is 7.74. The van der Waals surface area contributed by atoms with Crippen molar-refractivity contribution in [3.05, 3.63) is 29.8 Å². The highest BCUT2D eigenvalue weighted by Crippen LogP contribution is 2.10. The summed E-state index contributed by atoms with van der Waals surface area (Å²) in [4.78, 5) is 11.6. The van der Waals surface area contributed by atoms with Gasteiger partial charge in [0.1, 0.15) is 5.75 Å². The second-order valence-corrected chi connectivity index (χ2v) is 4.35. The maximum Gasteiger partial charge on any atom is 0.251 e. The molecule has 0 aliphatic carbocycles. The van der Waals surface area contributed by atoms with Gasteiger partial charge < -0.3 is 10.4 Å². The topological polar surface area (TPSA) is 49.3 Å². The van der Waals surface area contributed by atoms with Gasteiger partial charge >= 0.3 is 0 Å². The molecule has 16 heavy (non-hydrogen) atoms. The molecular formula is C12H16BrNO2. The molecule has 0 aromatic heterocycles. The van der Waals surface area contributed by atoms with Gasteiger partial charge in [-0.15, -0.1) is 0 Å². The molecule has 0 fully saturated rings. The van der Waals surface area contributed by atoms with E-state index in [-0.39, 0.29) is 11.7 Å². The molecule has 3 nitrogen and oxygen atoms in total. The summed E-state index contributed by atoms with van der Waals surface area (Å²) in [6.45, 7) is 0.682. The lowest BCUT2D eigenvalue weighted by Gasteiger charge is -2.04. The second kappa shape index (κ2) is 7.28. The molecule has 0 unspecified atom stereocenters. The highest BCUT2D eigenvalue weighted by atomic mass is 79.9. The third-order valence-corrected chi connectivity index (χ3v) is 2.77. The van der Waals surface area contributed by atoms with Crippen molar-refractivity contribution in [3.8, 4) is 5.75 Å². The Morgan fingerprint density at radius 2 is 2.12 bits per heavy atom. The van der Waals surface area contributed by atoms with Gasteiger partial charge in [0.25, 0.3) is 5.91 Å². The van der Waals surface area contributed by atoms with E-state index in [9.17, 15) is 9.90 Å². The van der Waals surface area contributed by atoms with Gasteiger partial charge in [-0.1, -0.05) is 28.4 Å². The summed E-state index contributed by atoms with van der Waals surface area (Å²) in [5.74, 6) is -0.0123. The molecule has 0 bridgehead atoms. The van der Waals surface area contributed by atoms with Gasteiger partial charge in [-0.3, -0.25) is 4.79 Å². The Morgan fingerprint density at radius 3 is 2.81 bits per heavy atom. The fourth-order valence-corrected chi connectivity index (χ4v) is 1.74. The van der Waals surface area contributed by atoms with E-state index in [4.69, 9.17) is 0 Å². The van der Waals surface area contributed by atoms with E-state index < -0.39 is 0 Å². The Balaban J connectivity index is 2.30. The van der Waals surface area contributed by atoms with E-state index in [0.29, 0.717) is 12.1 Å². The maximum absolute atomic E-state index is 11.6. The fourth-order valence-electron chi connectivity index (χ4n) is 1.35. The van der Waals surface area contributed by atoms with Crippen molar-refractivity contribution in [3.63, 3.8) is 0 Å². The van der Waals surface area contributed by atoms with Gasteiger partial charge in [-0.05, 0) is 31.0 Å². The van der Waals surface area contributed by atoms with Gasteiger partial charge in [0.2, 0.25) is 0 Å². The lowest BCUT2D eigenvalue weighted by Crippen LogP contribution is -2.24. The number of nitrogens with one attached hydrogen (secondary N) is 1. The number of carbonyl (C=O) groups excluding carboxylic acids is 1. The summed E-state index contributed by atoms with van der Waals surface area (Å²) >= 11 is 3.36. The molecule has 0 atom stereocenters. The third-order valence-electron chi connectivity index (χ3n) is 2.20. The van der Waals surface area contributed by atoms with E-state index in [1.54, 1.807) is 18.2 Å². The minimum absolute atomic E-state index is 0.118. The molecule has 1 aromatic carbocycles. The zero-order valence-corrected chi connectivity index (χ0v) is 10.7. The number of alkyl halides is 1. The third kappa shape index (κ3) is 4.66. The molecule has 0 spiro atoms. The summed E-state index contributed by atoms with van der Waals surface area (Å²) in [7, 11) is 0. The number of hydrogen-bond donors (Lipinski definition) is 2. The minimum Gasteiger partial charge on any atom is -0.508 e. The Bertz CT molecular complexity index is 342. The summed E-state index contributed by atoms with van der Waals surface area (Å²) in [6, 6.07) is 6.36. The van der Waals surface area contributed by atoms with Crippen LogP contribution in [0.5, 0.6) is 5.75 Å². The first-order valence-corrected chi connectivity index (χ1v) is 6.49. The van der Waals surface area contributed by atoms with E-state index in [1.807, 2.05) is 0 Å². The van der Waals surface area contributed by atoms with Crippen LogP contribution in [0.3, 0.4) is 0 Å². The molecule has 0 heterocycles. The molecule has 1 rings (SSSR count). The molecule has 0 saturated heterocycles. The number of hydrogen-bond acceptors (Lipinski definition) is 2. The van der Waals surface area contributed by atoms with Crippen LogP contribution in [0.1, 0.15) is 29.6 Å². The summed E-state index contributed by atoms with van der Waals surface area (Å²) in [5, 5.41) is 13.0. The van der Waals surface area contributed by atoms with E-state index in [0.717, 1.165) is 24.6 Å². The number of amides is 1. The summed E-state index contributed by atoms with van der Waals surface area (Å²) in [6.07, 6.45) is 3.21. The fraction of sp³-hybridized carbons (Fsp3) is 0.417. The molecule has 2 N–H and O–H groups in total. The predicted octanol–water partition coefficient (Wildman–Crippen LogP) is 2.69. The Morgan fingerprint density at radius 1 is 1.31 bits per heavy atom. The van der Waals surface area contributed by atoms with Crippen LogP contribution in [0.2, 0.25) is 0 Å². The second-order valence-electron chi connectivity index (χ2n) is 3.56. The van der Waals surface area contributed by atoms with Crippen LogP contribution in [0.4, 0.5) is 0 Å². The molecule has 88 valence electrons. The average molecular weight is 286 g/mol. The van der Waals surface area contributed by atoms with Crippen molar-refractivity contribution < 1.29 is 9.90 Å². The Kier molecular flexibility index (Phi) is 5.93. The van der Waals surface area contributed by atoms with Gasteiger partial charge in [-0.25, -0.2) is 0 Å². The quantitative estimate of drug-likeness (QED) is 0.624. The molecule has 0 aliphatic rings. The minimum atomic E-state index is -0.130. The highest BCUT2D eigenvalue weighted by molar-refractivity contribution is 9.09. The molecule has 0 aliphatic heterocycles. The zero-order valence-electron chi connectivity index (χ0n) is 9.08. The monoisotopic (exact) mass is 285 g/mol. The SMILES string of the molecule is O=C(NCCCCCBr)c1cccc(O)c1. The number of benzene rings is 1. The van der Waals surface area contributed by atoms with Gasteiger partial charge in [0.15, 0.2) is 0 Å². The number of unbranched alkanes of at least 4 members (excludes halogenated alkanes) is 2. The van der Waals surface area contributed by atoms with Crippen LogP contribution in [-0.2, 0) is 0 Å². The largest absolute Gasteiger partial charge is 0.508 e. The zero-order chi connectivity index (χ0) is 11.8. The van der Waals surface area contributed by atoms with E-state index in [1.165, 1.54) is 6.07 Å². The average Bonchev–Trinajstić information content (AvgIpc) is 2.28. The molecule has 1 amide bonds. The first-order valence-electron chi connectivity index (χ1n) is 5.37. The van der Waals surface area contributed by atoms with Crippen LogP contribution in [0.25, 0.3) is 0 Å². The van der Waals surface area contributed by atoms with Crippen molar-refractivity contribution in [1.29, 1.82) is 0 Å². The molecule has 1 aromatic rings. The molecule has 0 radical (unpaired) electrons. The molecular weight excluding hydrogens is 270 g/mol. The number of phenols is 1. The first kappa shape index (κ1) is 13.0. The van der Waals surface area contributed by atoms with Crippen molar-refractivity contribution in [1.82, 2.24) is 5.32 Å². The highest BCUT2D eigenvalue weighted by Gasteiger charge is 2.04. The van der Waals surface area contributed by atoms with Crippen LogP contribution in [-0.4, -0.2) is 22.9 Å². The van der Waals surface area contributed by atoms with Crippen LogP contribution >= 0.6 is 15.9 Å². The molecule has 0 saturated carbocycles. The van der Waals surface area contributed by atoms with Gasteiger partial charge in [0.05, 0.1) is 0 Å². The number of phenolic OH excluding ortho intramolecular Hbond substituents is 1. The van der Waals surface area contributed by atoms with Crippen molar-refractivity contribution in [2.75, 3.05) is 11.9 Å². The normalized spacial score (nSPS) is 10.1. The van der Waals surface area contributed by atoms with E-state index in [2.05, 4.69) is 21.2 Å². The number of carbonyl (C=O) groups is 1. The number of rotatable bonds is 6. The van der Waals surface area contributed by atoms with Crippen molar-refractivity contribution >= 4 is 21.8 Å². The smallest absolute Gasteiger partial charge is 0.251 e. The lowest BCUT2D eigenvalue weighted by molar-refractivity contribution is 0.0952. The Labute approximate surface area is 104 Å². The Hall–Kier alpha value is -1.03. The summed E-state index contributed by atoms with van der Waals surface area (Å²) < 4.78 is 0. The summed E-state index contributed by atoms with van der Waals surface area (Å²) in [5.41, 5.74) is 0.500. The van der Waals surface area contributed by atoms with E-state index >= 15 is 0 Å². The van der Waals surface area contributed by atoms with Gasteiger partial charge in [0, 0.05) is 17.4 Å². The predicted molar refractivity (Wildman–Crippen MR) is 68.1 cm³/mol. The van der Waals surface area contributed by atoms with Crippen molar-refractivity contribution in [2.45, 2.75) is 19.3 Å². The van der Waals surface area contributed by atoms with Crippen molar-refractivity contribution in [2.24, 2.45) is 0 Å².